The van der Waals surface area contributed by atoms with Gasteiger partial charge in [0.15, 0.2) is 5.82 Å². The summed E-state index contributed by atoms with van der Waals surface area (Å²) in [6.45, 7) is 0. The molecule has 2 N–H and O–H groups in total. The maximum atomic E-state index is 6.00. The quantitative estimate of drug-likeness (QED) is 0.606. The Hall–Kier alpha value is -2.77. The van der Waals surface area contributed by atoms with E-state index in [9.17, 15) is 0 Å². The summed E-state index contributed by atoms with van der Waals surface area (Å²) >= 11 is 7.37. The number of nitrogen functional groups attached to an aromatic ring is 1. The van der Waals surface area contributed by atoms with E-state index in [1.807, 2.05) is 41.8 Å². The molecule has 4 rings (SSSR count). The minimum atomic E-state index is 0.291. The average Bonchev–Trinajstić information content (AvgIpc) is 3.23. The van der Waals surface area contributed by atoms with Gasteiger partial charge in [0.05, 0.1) is 5.69 Å². The van der Waals surface area contributed by atoms with Crippen molar-refractivity contribution >= 4 is 28.9 Å². The first-order valence-electron chi connectivity index (χ1n) is 7.05. The Bertz CT molecular complexity index is 977. The molecule has 0 saturated carbocycles. The third kappa shape index (κ3) is 2.75. The fourth-order valence-corrected chi connectivity index (χ4v) is 3.12. The lowest BCUT2D eigenvalue weighted by molar-refractivity contribution is 0.883. The second kappa shape index (κ2) is 6.03. The van der Waals surface area contributed by atoms with E-state index in [0.29, 0.717) is 21.9 Å². The Morgan fingerprint density at radius 1 is 0.958 bits per heavy atom. The Morgan fingerprint density at radius 2 is 1.71 bits per heavy atom. The van der Waals surface area contributed by atoms with Crippen LogP contribution in [0.15, 0.2) is 54.2 Å². The second-order valence-electron chi connectivity index (χ2n) is 4.96. The van der Waals surface area contributed by atoms with E-state index >= 15 is 0 Å². The predicted octanol–water partition coefficient (Wildman–Crippen LogP) is 3.69. The van der Waals surface area contributed by atoms with E-state index in [2.05, 4.69) is 20.1 Å². The van der Waals surface area contributed by atoms with Gasteiger partial charge in [0.1, 0.15) is 0 Å². The number of hydrogen-bond acceptors (Lipinski definition) is 6. The normalized spacial score (nSPS) is 10.9. The lowest BCUT2D eigenvalue weighted by atomic mass is 10.2. The van der Waals surface area contributed by atoms with Gasteiger partial charge < -0.3 is 5.73 Å². The molecule has 0 aliphatic rings. The van der Waals surface area contributed by atoms with Crippen molar-refractivity contribution in [3.05, 3.63) is 59.2 Å². The number of thiazole rings is 1. The number of benzene rings is 1. The first-order valence-corrected chi connectivity index (χ1v) is 8.31. The maximum absolute atomic E-state index is 6.00. The van der Waals surface area contributed by atoms with Crippen LogP contribution >= 0.6 is 22.9 Å². The van der Waals surface area contributed by atoms with Crippen LogP contribution in [0.1, 0.15) is 0 Å². The van der Waals surface area contributed by atoms with Crippen LogP contribution in [0.5, 0.6) is 0 Å². The molecule has 0 radical (unpaired) electrons. The van der Waals surface area contributed by atoms with E-state index < -0.39 is 0 Å². The Kier molecular flexibility index (Phi) is 3.72. The highest BCUT2D eigenvalue weighted by Gasteiger charge is 2.14. The molecule has 0 unspecified atom stereocenters. The smallest absolute Gasteiger partial charge is 0.226 e. The van der Waals surface area contributed by atoms with Crippen molar-refractivity contribution in [2.24, 2.45) is 0 Å². The number of halogens is 1. The van der Waals surface area contributed by atoms with Gasteiger partial charge in [-0.3, -0.25) is 4.98 Å². The van der Waals surface area contributed by atoms with Gasteiger partial charge in [0.25, 0.3) is 0 Å². The van der Waals surface area contributed by atoms with E-state index in [0.717, 1.165) is 16.8 Å². The highest BCUT2D eigenvalue weighted by molar-refractivity contribution is 7.12. The average molecular weight is 355 g/mol. The molecular weight excluding hydrogens is 344 g/mol. The molecule has 24 heavy (non-hydrogen) atoms. The number of hydrogen-bond donors (Lipinski definition) is 1. The van der Waals surface area contributed by atoms with Crippen molar-refractivity contribution < 1.29 is 0 Å². The first kappa shape index (κ1) is 14.8. The minimum absolute atomic E-state index is 0.291. The summed E-state index contributed by atoms with van der Waals surface area (Å²) in [5, 5.41) is 7.75. The van der Waals surface area contributed by atoms with Crippen molar-refractivity contribution in [2.45, 2.75) is 0 Å². The van der Waals surface area contributed by atoms with Gasteiger partial charge in [0, 0.05) is 33.9 Å². The molecule has 4 aromatic rings. The summed E-state index contributed by atoms with van der Waals surface area (Å²) in [6, 6.07) is 11.2. The first-order chi connectivity index (χ1) is 11.7. The van der Waals surface area contributed by atoms with Crippen molar-refractivity contribution in [3.8, 4) is 27.8 Å². The Morgan fingerprint density at radius 3 is 2.46 bits per heavy atom. The van der Waals surface area contributed by atoms with Gasteiger partial charge in [-0.25, -0.2) is 4.98 Å². The van der Waals surface area contributed by atoms with Gasteiger partial charge in [-0.1, -0.05) is 23.7 Å². The predicted molar refractivity (Wildman–Crippen MR) is 95.1 cm³/mol. The molecule has 0 saturated heterocycles. The van der Waals surface area contributed by atoms with Crippen LogP contribution in [0.25, 0.3) is 27.8 Å². The van der Waals surface area contributed by atoms with Crippen LogP contribution < -0.4 is 5.73 Å². The molecule has 6 nitrogen and oxygen atoms in total. The Balaban J connectivity index is 1.70. The molecule has 0 amide bonds. The lowest BCUT2D eigenvalue weighted by Crippen LogP contribution is -2.01. The molecule has 0 aliphatic carbocycles. The molecule has 1 aromatic carbocycles. The topological polar surface area (TPSA) is 82.5 Å². The van der Waals surface area contributed by atoms with Crippen LogP contribution in [0, 0.1) is 0 Å². The number of rotatable bonds is 3. The zero-order chi connectivity index (χ0) is 16.5. The van der Waals surface area contributed by atoms with Gasteiger partial charge in [-0.15, -0.1) is 16.4 Å². The molecule has 3 aromatic heterocycles. The highest BCUT2D eigenvalue weighted by Crippen LogP contribution is 2.27. The largest absolute Gasteiger partial charge is 0.368 e. The summed E-state index contributed by atoms with van der Waals surface area (Å²) in [5.41, 5.74) is 8.67. The highest BCUT2D eigenvalue weighted by atomic mass is 35.5. The molecule has 0 atom stereocenters. The summed E-state index contributed by atoms with van der Waals surface area (Å²) < 4.78 is 1.54. The van der Waals surface area contributed by atoms with E-state index in [1.165, 1.54) is 11.3 Å². The van der Waals surface area contributed by atoms with Crippen molar-refractivity contribution in [1.82, 2.24) is 24.7 Å². The molecule has 8 heteroatoms. The number of nitrogens with two attached hydrogens (primary N) is 1. The van der Waals surface area contributed by atoms with Crippen molar-refractivity contribution in [1.29, 1.82) is 0 Å². The van der Waals surface area contributed by atoms with Gasteiger partial charge in [0.2, 0.25) is 11.1 Å². The van der Waals surface area contributed by atoms with Crippen LogP contribution in [0.2, 0.25) is 5.02 Å². The molecular formula is C16H11ClN6S. The van der Waals surface area contributed by atoms with Crippen LogP contribution in [-0.4, -0.2) is 24.7 Å². The zero-order valence-electron chi connectivity index (χ0n) is 12.3. The SMILES string of the molecule is Nc1nc(-c2ccncc2)nn1-c1nc(-c2ccc(Cl)cc2)cs1. The van der Waals surface area contributed by atoms with E-state index in [4.69, 9.17) is 17.3 Å². The summed E-state index contributed by atoms with van der Waals surface area (Å²) in [6.07, 6.45) is 3.38. The minimum Gasteiger partial charge on any atom is -0.368 e. The third-order valence-corrected chi connectivity index (χ3v) is 4.45. The lowest BCUT2D eigenvalue weighted by Gasteiger charge is -1.97. The fourth-order valence-electron chi connectivity index (χ4n) is 2.20. The monoisotopic (exact) mass is 354 g/mol. The van der Waals surface area contributed by atoms with Gasteiger partial charge in [-0.05, 0) is 24.3 Å². The summed E-state index contributed by atoms with van der Waals surface area (Å²) in [7, 11) is 0. The number of aromatic nitrogens is 5. The van der Waals surface area contributed by atoms with Gasteiger partial charge in [-0.2, -0.15) is 9.67 Å². The summed E-state index contributed by atoms with van der Waals surface area (Å²) in [4.78, 5) is 12.9. The van der Waals surface area contributed by atoms with Crippen LogP contribution in [-0.2, 0) is 0 Å². The molecule has 0 aliphatic heterocycles. The van der Waals surface area contributed by atoms with E-state index in [1.54, 1.807) is 17.1 Å². The molecule has 0 bridgehead atoms. The molecule has 0 fully saturated rings. The van der Waals surface area contributed by atoms with Gasteiger partial charge >= 0.3 is 0 Å². The molecule has 0 spiro atoms. The second-order valence-corrected chi connectivity index (χ2v) is 6.24. The van der Waals surface area contributed by atoms with Crippen LogP contribution in [0.4, 0.5) is 5.95 Å². The summed E-state index contributed by atoms with van der Waals surface area (Å²) in [5.74, 6) is 0.831. The number of pyridine rings is 1. The maximum Gasteiger partial charge on any atom is 0.226 e. The van der Waals surface area contributed by atoms with Crippen molar-refractivity contribution in [2.75, 3.05) is 5.73 Å². The fraction of sp³-hybridized carbons (Fsp3) is 0. The standard InChI is InChI=1S/C16H11ClN6S/c17-12-3-1-10(2-4-12)13-9-24-16(20-13)23-15(18)21-14(22-23)11-5-7-19-8-6-11/h1-9H,(H2,18,21,22). The van der Waals surface area contributed by atoms with Crippen molar-refractivity contribution in [3.63, 3.8) is 0 Å². The third-order valence-electron chi connectivity index (χ3n) is 3.38. The zero-order valence-corrected chi connectivity index (χ0v) is 13.9. The Labute approximate surface area is 146 Å². The van der Waals surface area contributed by atoms with Crippen LogP contribution in [0.3, 0.4) is 0 Å². The molecule has 118 valence electrons. The number of nitrogens with zero attached hydrogens (tertiary/aromatic N) is 5. The molecule has 3 heterocycles. The number of anilines is 1. The van der Waals surface area contributed by atoms with E-state index in [-0.39, 0.29) is 0 Å².